The number of anilines is 1. The summed E-state index contributed by atoms with van der Waals surface area (Å²) < 4.78 is 38.2. The Morgan fingerprint density at radius 2 is 1.37 bits per heavy atom. The average molecular weight is 482 g/mol. The van der Waals surface area contributed by atoms with Crippen molar-refractivity contribution in [3.63, 3.8) is 0 Å². The number of alkyl halides is 3. The van der Waals surface area contributed by atoms with Gasteiger partial charge in [-0.1, -0.05) is 6.07 Å². The van der Waals surface area contributed by atoms with Crippen LogP contribution in [-0.2, 0) is 6.18 Å². The minimum absolute atomic E-state index is 0.162. The van der Waals surface area contributed by atoms with E-state index >= 15 is 0 Å². The number of halogens is 3. The summed E-state index contributed by atoms with van der Waals surface area (Å²) in [6.45, 7) is 1.06. The molecule has 1 fully saturated rings. The Labute approximate surface area is 199 Å². The smallest absolute Gasteiger partial charge is 0.335 e. The minimum Gasteiger partial charge on any atom is -0.335 e. The van der Waals surface area contributed by atoms with Crippen molar-refractivity contribution in [3.8, 4) is 0 Å². The molecule has 1 aliphatic heterocycles. The summed E-state index contributed by atoms with van der Waals surface area (Å²) in [5.74, 6) is -0.979. The van der Waals surface area contributed by atoms with Crippen molar-refractivity contribution in [3.05, 3.63) is 95.3 Å². The van der Waals surface area contributed by atoms with Gasteiger partial charge in [-0.15, -0.1) is 0 Å². The first-order valence-corrected chi connectivity index (χ1v) is 10.8. The summed E-state index contributed by atoms with van der Waals surface area (Å²) >= 11 is 0. The van der Waals surface area contributed by atoms with Gasteiger partial charge in [-0.2, -0.15) is 13.2 Å². The van der Waals surface area contributed by atoms with E-state index < -0.39 is 11.7 Å². The number of carbonyl (C=O) groups excluding carboxylic acids is 3. The van der Waals surface area contributed by atoms with E-state index in [1.807, 2.05) is 0 Å². The second-order valence-electron chi connectivity index (χ2n) is 7.94. The lowest BCUT2D eigenvalue weighted by atomic mass is 10.1. The van der Waals surface area contributed by atoms with Crippen molar-refractivity contribution in [2.75, 3.05) is 31.5 Å². The highest BCUT2D eigenvalue weighted by atomic mass is 19.4. The first kappa shape index (κ1) is 23.9. The van der Waals surface area contributed by atoms with Crippen LogP contribution in [0.4, 0.5) is 18.9 Å². The average Bonchev–Trinajstić information content (AvgIpc) is 2.88. The molecule has 1 saturated heterocycles. The maximum Gasteiger partial charge on any atom is 0.416 e. The van der Waals surface area contributed by atoms with Gasteiger partial charge in [-0.3, -0.25) is 19.4 Å². The van der Waals surface area contributed by atoms with Crippen LogP contribution in [0.1, 0.15) is 36.6 Å². The van der Waals surface area contributed by atoms with Crippen molar-refractivity contribution < 1.29 is 27.6 Å². The van der Waals surface area contributed by atoms with Crippen LogP contribution in [0, 0.1) is 0 Å². The molecule has 180 valence electrons. The predicted octanol–water partition coefficient (Wildman–Crippen LogP) is 3.95. The van der Waals surface area contributed by atoms with E-state index in [4.69, 9.17) is 0 Å². The molecule has 4 rings (SSSR count). The number of hydrogen-bond acceptors (Lipinski definition) is 4. The summed E-state index contributed by atoms with van der Waals surface area (Å²) in [4.78, 5) is 45.0. The predicted molar refractivity (Wildman–Crippen MR) is 122 cm³/mol. The Morgan fingerprint density at radius 1 is 0.771 bits per heavy atom. The van der Waals surface area contributed by atoms with Gasteiger partial charge in [0.05, 0.1) is 11.1 Å². The number of nitrogens with zero attached hydrogens (tertiary/aromatic N) is 3. The molecule has 1 N–H and O–H groups in total. The normalized spacial score (nSPS) is 13.9. The van der Waals surface area contributed by atoms with E-state index in [0.717, 1.165) is 24.3 Å². The quantitative estimate of drug-likeness (QED) is 0.611. The van der Waals surface area contributed by atoms with Gasteiger partial charge >= 0.3 is 6.18 Å². The molecule has 0 bridgehead atoms. The second-order valence-corrected chi connectivity index (χ2v) is 7.94. The lowest BCUT2D eigenvalue weighted by molar-refractivity contribution is -0.137. The second kappa shape index (κ2) is 9.96. The fourth-order valence-corrected chi connectivity index (χ4v) is 3.71. The molecule has 0 radical (unpaired) electrons. The van der Waals surface area contributed by atoms with E-state index in [2.05, 4.69) is 10.3 Å². The molecule has 0 spiro atoms. The number of benzene rings is 2. The molecule has 10 heteroatoms. The van der Waals surface area contributed by atoms with Crippen LogP contribution in [0.25, 0.3) is 0 Å². The van der Waals surface area contributed by atoms with Crippen LogP contribution in [0.15, 0.2) is 73.1 Å². The SMILES string of the molecule is O=C(Nc1cccc(C(=O)N2CCN(C(=O)c3ccc(C(F)(F)F)cc3)CC2)c1)c1cccnc1. The number of hydrogen-bond donors (Lipinski definition) is 1. The number of nitrogens with one attached hydrogen (secondary N) is 1. The van der Waals surface area contributed by atoms with Crippen LogP contribution in [0.3, 0.4) is 0 Å². The Bertz CT molecular complexity index is 1220. The molecule has 2 heterocycles. The topological polar surface area (TPSA) is 82.6 Å². The molecule has 0 atom stereocenters. The Morgan fingerprint density at radius 3 is 1.94 bits per heavy atom. The van der Waals surface area contributed by atoms with Gasteiger partial charge in [-0.25, -0.2) is 0 Å². The minimum atomic E-state index is -4.47. The van der Waals surface area contributed by atoms with Crippen molar-refractivity contribution in [1.29, 1.82) is 0 Å². The monoisotopic (exact) mass is 482 g/mol. The van der Waals surface area contributed by atoms with E-state index in [9.17, 15) is 27.6 Å². The third-order valence-electron chi connectivity index (χ3n) is 5.60. The van der Waals surface area contributed by atoms with Gasteiger partial charge in [0, 0.05) is 55.4 Å². The highest BCUT2D eigenvalue weighted by Crippen LogP contribution is 2.29. The van der Waals surface area contributed by atoms with Crippen LogP contribution in [0.5, 0.6) is 0 Å². The molecular weight excluding hydrogens is 461 g/mol. The van der Waals surface area contributed by atoms with E-state index in [1.165, 1.54) is 11.1 Å². The molecule has 3 aromatic rings. The molecule has 0 unspecified atom stereocenters. The van der Waals surface area contributed by atoms with Gasteiger partial charge in [0.15, 0.2) is 0 Å². The fourth-order valence-electron chi connectivity index (χ4n) is 3.71. The maximum atomic E-state index is 13.0. The van der Waals surface area contributed by atoms with Crippen LogP contribution in [-0.4, -0.2) is 58.7 Å². The standard InChI is InChI=1S/C25H21F3N4O3/c26-25(27,28)20-8-6-17(7-9-20)23(34)31-11-13-32(14-12-31)24(35)18-3-1-5-21(15-18)30-22(33)19-4-2-10-29-16-19/h1-10,15-16H,11-14H2,(H,30,33). The number of pyridine rings is 1. The highest BCUT2D eigenvalue weighted by Gasteiger charge is 2.31. The molecule has 0 saturated carbocycles. The number of amides is 3. The molecule has 7 nitrogen and oxygen atoms in total. The molecule has 1 aliphatic rings. The summed E-state index contributed by atoms with van der Waals surface area (Å²) in [5.41, 5.74) is 0.577. The van der Waals surface area contributed by atoms with Crippen molar-refractivity contribution in [1.82, 2.24) is 14.8 Å². The summed E-state index contributed by atoms with van der Waals surface area (Å²) in [5, 5.41) is 2.74. The number of piperazine rings is 1. The van der Waals surface area contributed by atoms with Crippen LogP contribution < -0.4 is 5.32 Å². The van der Waals surface area contributed by atoms with Crippen LogP contribution >= 0.6 is 0 Å². The Balaban J connectivity index is 1.35. The van der Waals surface area contributed by atoms with E-state index in [1.54, 1.807) is 47.5 Å². The first-order valence-electron chi connectivity index (χ1n) is 10.8. The largest absolute Gasteiger partial charge is 0.416 e. The van der Waals surface area contributed by atoms with Crippen molar-refractivity contribution in [2.45, 2.75) is 6.18 Å². The molecule has 1 aromatic heterocycles. The van der Waals surface area contributed by atoms with Gasteiger partial charge in [0.1, 0.15) is 0 Å². The van der Waals surface area contributed by atoms with Gasteiger partial charge in [-0.05, 0) is 54.6 Å². The van der Waals surface area contributed by atoms with Crippen molar-refractivity contribution in [2.24, 2.45) is 0 Å². The molecular formula is C25H21F3N4O3. The zero-order valence-electron chi connectivity index (χ0n) is 18.5. The molecule has 35 heavy (non-hydrogen) atoms. The van der Waals surface area contributed by atoms with E-state index in [0.29, 0.717) is 16.8 Å². The number of rotatable bonds is 4. The number of carbonyl (C=O) groups is 3. The van der Waals surface area contributed by atoms with Gasteiger partial charge in [0.2, 0.25) is 0 Å². The van der Waals surface area contributed by atoms with Crippen LogP contribution in [0.2, 0.25) is 0 Å². The Hall–Kier alpha value is -4.21. The highest BCUT2D eigenvalue weighted by molar-refractivity contribution is 6.05. The lowest BCUT2D eigenvalue weighted by Crippen LogP contribution is -2.50. The van der Waals surface area contributed by atoms with E-state index in [-0.39, 0.29) is 49.5 Å². The number of aromatic nitrogens is 1. The molecule has 0 aliphatic carbocycles. The third kappa shape index (κ3) is 5.65. The zero-order valence-corrected chi connectivity index (χ0v) is 18.5. The lowest BCUT2D eigenvalue weighted by Gasteiger charge is -2.35. The Kier molecular flexibility index (Phi) is 6.81. The first-order chi connectivity index (χ1) is 16.7. The maximum absolute atomic E-state index is 13.0. The molecule has 2 aromatic carbocycles. The van der Waals surface area contributed by atoms with Gasteiger partial charge < -0.3 is 15.1 Å². The zero-order chi connectivity index (χ0) is 25.0. The van der Waals surface area contributed by atoms with Gasteiger partial charge in [0.25, 0.3) is 17.7 Å². The third-order valence-corrected chi connectivity index (χ3v) is 5.60. The summed E-state index contributed by atoms with van der Waals surface area (Å²) in [7, 11) is 0. The van der Waals surface area contributed by atoms with Crippen molar-refractivity contribution >= 4 is 23.4 Å². The fraction of sp³-hybridized carbons (Fsp3) is 0.200. The summed E-state index contributed by atoms with van der Waals surface area (Å²) in [6.07, 6.45) is -1.46. The molecule has 3 amide bonds. The summed E-state index contributed by atoms with van der Waals surface area (Å²) in [6, 6.07) is 13.9.